The van der Waals surface area contributed by atoms with Gasteiger partial charge in [-0.2, -0.15) is 4.31 Å². The van der Waals surface area contributed by atoms with Crippen LogP contribution in [0.2, 0.25) is 0 Å². The largest absolute Gasteiger partial charge is 0.495 e. The van der Waals surface area contributed by atoms with Crippen molar-refractivity contribution in [2.24, 2.45) is 0 Å². The molecule has 28 heavy (non-hydrogen) atoms. The molecule has 0 aliphatic carbocycles. The SMILES string of the molecule is COc1c(-c2ccccc2)cc(S(=O)(=O)N2CCCC2)cc1-c1ccccc1. The minimum absolute atomic E-state index is 0.313. The van der Waals surface area contributed by atoms with E-state index in [4.69, 9.17) is 4.74 Å². The topological polar surface area (TPSA) is 46.6 Å². The van der Waals surface area contributed by atoms with Crippen molar-refractivity contribution >= 4 is 10.0 Å². The molecule has 4 nitrogen and oxygen atoms in total. The molecule has 4 rings (SSSR count). The molecule has 1 fully saturated rings. The summed E-state index contributed by atoms with van der Waals surface area (Å²) >= 11 is 0. The predicted molar refractivity (Wildman–Crippen MR) is 112 cm³/mol. The molecule has 144 valence electrons. The van der Waals surface area contributed by atoms with Gasteiger partial charge >= 0.3 is 0 Å². The monoisotopic (exact) mass is 393 g/mol. The maximum absolute atomic E-state index is 13.3. The highest BCUT2D eigenvalue weighted by molar-refractivity contribution is 7.89. The molecule has 0 saturated carbocycles. The third kappa shape index (κ3) is 3.43. The molecule has 0 amide bonds. The molecule has 0 aromatic heterocycles. The van der Waals surface area contributed by atoms with Crippen LogP contribution in [0.25, 0.3) is 22.3 Å². The van der Waals surface area contributed by atoms with Gasteiger partial charge in [0, 0.05) is 24.2 Å². The van der Waals surface area contributed by atoms with Gasteiger partial charge in [0.05, 0.1) is 12.0 Å². The molecular formula is C23H23NO3S. The van der Waals surface area contributed by atoms with Crippen LogP contribution < -0.4 is 4.74 Å². The van der Waals surface area contributed by atoms with E-state index in [1.165, 1.54) is 0 Å². The maximum atomic E-state index is 13.3. The van der Waals surface area contributed by atoms with Gasteiger partial charge in [-0.25, -0.2) is 8.42 Å². The van der Waals surface area contributed by atoms with Crippen LogP contribution in [0, 0.1) is 0 Å². The van der Waals surface area contributed by atoms with Gasteiger partial charge in [0.2, 0.25) is 10.0 Å². The summed E-state index contributed by atoms with van der Waals surface area (Å²) in [5.41, 5.74) is 3.41. The minimum atomic E-state index is -3.55. The van der Waals surface area contributed by atoms with Gasteiger partial charge in [0.1, 0.15) is 5.75 Å². The van der Waals surface area contributed by atoms with Crippen molar-refractivity contribution in [2.75, 3.05) is 20.2 Å². The Balaban J connectivity index is 1.98. The van der Waals surface area contributed by atoms with Crippen molar-refractivity contribution in [2.45, 2.75) is 17.7 Å². The van der Waals surface area contributed by atoms with Crippen molar-refractivity contribution in [1.82, 2.24) is 4.31 Å². The van der Waals surface area contributed by atoms with Gasteiger partial charge < -0.3 is 4.74 Å². The van der Waals surface area contributed by atoms with Crippen molar-refractivity contribution < 1.29 is 13.2 Å². The molecule has 0 bridgehead atoms. The lowest BCUT2D eigenvalue weighted by molar-refractivity contribution is 0.417. The summed E-state index contributed by atoms with van der Waals surface area (Å²) in [4.78, 5) is 0.313. The summed E-state index contributed by atoms with van der Waals surface area (Å²) in [6.45, 7) is 1.16. The van der Waals surface area contributed by atoms with Crippen molar-refractivity contribution in [1.29, 1.82) is 0 Å². The molecule has 1 heterocycles. The Morgan fingerprint density at radius 2 is 1.25 bits per heavy atom. The first kappa shape index (κ1) is 18.7. The first-order valence-electron chi connectivity index (χ1n) is 9.44. The van der Waals surface area contributed by atoms with Gasteiger partial charge in [-0.1, -0.05) is 60.7 Å². The Morgan fingerprint density at radius 1 is 0.786 bits per heavy atom. The number of methoxy groups -OCH3 is 1. The van der Waals surface area contributed by atoms with Gasteiger partial charge in [0.25, 0.3) is 0 Å². The van der Waals surface area contributed by atoms with E-state index in [0.717, 1.165) is 35.1 Å². The number of benzene rings is 3. The average molecular weight is 394 g/mol. The number of hydrogen-bond acceptors (Lipinski definition) is 3. The number of ether oxygens (including phenoxy) is 1. The predicted octanol–water partition coefficient (Wildman–Crippen LogP) is 4.81. The van der Waals surface area contributed by atoms with Gasteiger partial charge in [-0.3, -0.25) is 0 Å². The zero-order chi connectivity index (χ0) is 19.6. The molecule has 0 radical (unpaired) electrons. The summed E-state index contributed by atoms with van der Waals surface area (Å²) in [6.07, 6.45) is 1.82. The van der Waals surface area contributed by atoms with E-state index in [9.17, 15) is 8.42 Å². The van der Waals surface area contributed by atoms with Crippen molar-refractivity contribution in [3.8, 4) is 28.0 Å². The molecular weight excluding hydrogens is 370 g/mol. The summed E-state index contributed by atoms with van der Waals surface area (Å²) in [5.74, 6) is 0.678. The molecule has 3 aromatic rings. The standard InChI is InChI=1S/C23H23NO3S/c1-27-23-21(18-10-4-2-5-11-18)16-20(28(25,26)24-14-8-9-15-24)17-22(23)19-12-6-3-7-13-19/h2-7,10-13,16-17H,8-9,14-15H2,1H3. The highest BCUT2D eigenvalue weighted by Gasteiger charge is 2.29. The average Bonchev–Trinajstić information content (AvgIpc) is 3.30. The van der Waals surface area contributed by atoms with Crippen LogP contribution in [0.15, 0.2) is 77.7 Å². The molecule has 5 heteroatoms. The van der Waals surface area contributed by atoms with E-state index in [-0.39, 0.29) is 0 Å². The van der Waals surface area contributed by atoms with Gasteiger partial charge in [-0.15, -0.1) is 0 Å². The highest BCUT2D eigenvalue weighted by Crippen LogP contribution is 2.41. The molecule has 0 atom stereocenters. The summed E-state index contributed by atoms with van der Waals surface area (Å²) in [5, 5.41) is 0. The second kappa shape index (κ2) is 7.78. The molecule has 1 saturated heterocycles. The van der Waals surface area contributed by atoms with Gasteiger partial charge in [-0.05, 0) is 36.1 Å². The Bertz CT molecular complexity index is 997. The molecule has 3 aromatic carbocycles. The van der Waals surface area contributed by atoms with E-state index in [2.05, 4.69) is 0 Å². The third-order valence-corrected chi connectivity index (χ3v) is 7.02. The summed E-state index contributed by atoms with van der Waals surface area (Å²) in [6, 6.07) is 23.0. The quantitative estimate of drug-likeness (QED) is 0.625. The van der Waals surface area contributed by atoms with Crippen LogP contribution in [-0.2, 0) is 10.0 Å². The van der Waals surface area contributed by atoms with Crippen molar-refractivity contribution in [3.05, 3.63) is 72.8 Å². The Morgan fingerprint density at radius 3 is 1.68 bits per heavy atom. The van der Waals surface area contributed by atoms with Crippen LogP contribution in [-0.4, -0.2) is 32.9 Å². The number of rotatable bonds is 5. The number of sulfonamides is 1. The summed E-state index contributed by atoms with van der Waals surface area (Å²) in [7, 11) is -1.92. The minimum Gasteiger partial charge on any atom is -0.495 e. The van der Waals surface area contributed by atoms with E-state index in [0.29, 0.717) is 23.7 Å². The molecule has 0 N–H and O–H groups in total. The Kier molecular flexibility index (Phi) is 5.20. The lowest BCUT2D eigenvalue weighted by Gasteiger charge is -2.20. The Hall–Kier alpha value is -2.63. The van der Waals surface area contributed by atoms with Crippen LogP contribution >= 0.6 is 0 Å². The third-order valence-electron chi connectivity index (χ3n) is 5.14. The van der Waals surface area contributed by atoms with Crippen LogP contribution in [0.5, 0.6) is 5.75 Å². The first-order chi connectivity index (χ1) is 13.6. The van der Waals surface area contributed by atoms with E-state index < -0.39 is 10.0 Å². The first-order valence-corrected chi connectivity index (χ1v) is 10.9. The van der Waals surface area contributed by atoms with E-state index in [1.807, 2.05) is 60.7 Å². The number of hydrogen-bond donors (Lipinski definition) is 0. The van der Waals surface area contributed by atoms with Crippen LogP contribution in [0.4, 0.5) is 0 Å². The van der Waals surface area contributed by atoms with Crippen molar-refractivity contribution in [3.63, 3.8) is 0 Å². The van der Waals surface area contributed by atoms with Crippen LogP contribution in [0.3, 0.4) is 0 Å². The zero-order valence-corrected chi connectivity index (χ0v) is 16.7. The fraction of sp³-hybridized carbons (Fsp3) is 0.217. The molecule has 0 spiro atoms. The second-order valence-corrected chi connectivity index (χ2v) is 8.83. The van der Waals surface area contributed by atoms with E-state index in [1.54, 1.807) is 23.5 Å². The number of nitrogens with zero attached hydrogens (tertiary/aromatic N) is 1. The van der Waals surface area contributed by atoms with Crippen LogP contribution in [0.1, 0.15) is 12.8 Å². The molecule has 0 unspecified atom stereocenters. The van der Waals surface area contributed by atoms with E-state index >= 15 is 0 Å². The zero-order valence-electron chi connectivity index (χ0n) is 15.8. The normalized spacial score (nSPS) is 14.9. The van der Waals surface area contributed by atoms with Gasteiger partial charge in [0.15, 0.2) is 0 Å². The highest BCUT2D eigenvalue weighted by atomic mass is 32.2. The lowest BCUT2D eigenvalue weighted by atomic mass is 9.97. The second-order valence-electron chi connectivity index (χ2n) is 6.89. The lowest BCUT2D eigenvalue weighted by Crippen LogP contribution is -2.28. The maximum Gasteiger partial charge on any atom is 0.243 e. The fourth-order valence-corrected chi connectivity index (χ4v) is 5.28. The fourth-order valence-electron chi connectivity index (χ4n) is 3.71. The Labute approximate surface area is 166 Å². The molecule has 1 aliphatic rings. The summed E-state index contributed by atoms with van der Waals surface area (Å²) < 4.78 is 33.9. The smallest absolute Gasteiger partial charge is 0.243 e. The molecule has 1 aliphatic heterocycles.